The van der Waals surface area contributed by atoms with Gasteiger partial charge in [-0.3, -0.25) is 4.79 Å². The molecule has 0 amide bonds. The molecule has 5 nitrogen and oxygen atoms in total. The number of hydrogen-bond donors (Lipinski definition) is 0. The number of hydrogen-bond acceptors (Lipinski definition) is 5. The Morgan fingerprint density at radius 3 is 2.52 bits per heavy atom. The van der Waals surface area contributed by atoms with Crippen molar-refractivity contribution in [3.8, 4) is 5.75 Å². The standard InChI is InChI=1S/C20H23N3O2/c1-13-10-14(2)19-16(24)12-20(25-17(19)11-13)6-8-23(9-7-20)18-5-4-15(3)21-22-18/h4-5,10-11H,6-9,12H2,1-3H3. The minimum Gasteiger partial charge on any atom is -0.486 e. The number of fused-ring (bicyclic) bond motifs is 1. The van der Waals surface area contributed by atoms with Crippen molar-refractivity contribution in [3.63, 3.8) is 0 Å². The van der Waals surface area contributed by atoms with Crippen molar-refractivity contribution in [2.24, 2.45) is 0 Å². The highest BCUT2D eigenvalue weighted by Gasteiger charge is 2.43. The molecular formula is C20H23N3O2. The second-order valence-corrected chi connectivity index (χ2v) is 7.36. The van der Waals surface area contributed by atoms with E-state index in [-0.39, 0.29) is 11.4 Å². The van der Waals surface area contributed by atoms with E-state index in [2.05, 4.69) is 21.2 Å². The van der Waals surface area contributed by atoms with Crippen LogP contribution in [0.1, 0.15) is 46.4 Å². The quantitative estimate of drug-likeness (QED) is 0.798. The number of nitrogens with zero attached hydrogens (tertiary/aromatic N) is 3. The van der Waals surface area contributed by atoms with E-state index in [1.807, 2.05) is 39.0 Å². The van der Waals surface area contributed by atoms with Crippen LogP contribution in [0.4, 0.5) is 5.82 Å². The SMILES string of the molecule is Cc1cc(C)c2c(c1)OC1(CCN(c3ccc(C)nn3)CC1)CC2=O. The molecule has 0 unspecified atom stereocenters. The van der Waals surface area contributed by atoms with Crippen LogP contribution in [-0.4, -0.2) is 34.7 Å². The van der Waals surface area contributed by atoms with Gasteiger partial charge in [-0.05, 0) is 50.1 Å². The summed E-state index contributed by atoms with van der Waals surface area (Å²) >= 11 is 0. The maximum absolute atomic E-state index is 12.8. The van der Waals surface area contributed by atoms with Crippen molar-refractivity contribution < 1.29 is 9.53 Å². The number of rotatable bonds is 1. The fraction of sp³-hybridized carbons (Fsp3) is 0.450. The van der Waals surface area contributed by atoms with Gasteiger partial charge in [-0.15, -0.1) is 5.10 Å². The van der Waals surface area contributed by atoms with Gasteiger partial charge in [0.05, 0.1) is 17.7 Å². The predicted molar refractivity (Wildman–Crippen MR) is 96.4 cm³/mol. The summed E-state index contributed by atoms with van der Waals surface area (Å²) in [5.74, 6) is 1.87. The highest BCUT2D eigenvalue weighted by molar-refractivity contribution is 6.01. The molecule has 2 aromatic rings. The Labute approximate surface area is 148 Å². The Bertz CT molecular complexity index is 822. The second kappa shape index (κ2) is 5.83. The lowest BCUT2D eigenvalue weighted by Gasteiger charge is -2.44. The zero-order chi connectivity index (χ0) is 17.6. The third-order valence-electron chi connectivity index (χ3n) is 5.31. The lowest BCUT2D eigenvalue weighted by Crippen LogP contribution is -2.51. The van der Waals surface area contributed by atoms with Crippen LogP contribution in [0, 0.1) is 20.8 Å². The number of carbonyl (C=O) groups excluding carboxylic acids is 1. The minimum atomic E-state index is -0.376. The zero-order valence-electron chi connectivity index (χ0n) is 15.0. The molecule has 0 bridgehead atoms. The van der Waals surface area contributed by atoms with Crippen LogP contribution in [0.3, 0.4) is 0 Å². The van der Waals surface area contributed by atoms with Gasteiger partial charge in [-0.25, -0.2) is 0 Å². The summed E-state index contributed by atoms with van der Waals surface area (Å²) in [6, 6.07) is 8.04. The van der Waals surface area contributed by atoms with E-state index in [9.17, 15) is 4.79 Å². The fourth-order valence-corrected chi connectivity index (χ4v) is 4.00. The molecular weight excluding hydrogens is 314 g/mol. The summed E-state index contributed by atoms with van der Waals surface area (Å²) in [5, 5.41) is 8.42. The van der Waals surface area contributed by atoms with Gasteiger partial charge in [0, 0.05) is 25.9 Å². The summed E-state index contributed by atoms with van der Waals surface area (Å²) in [6.45, 7) is 7.62. The molecule has 4 rings (SSSR count). The number of anilines is 1. The molecule has 0 radical (unpaired) electrons. The lowest BCUT2D eigenvalue weighted by molar-refractivity contribution is 0.0229. The third kappa shape index (κ3) is 2.88. The number of carbonyl (C=O) groups is 1. The number of piperidine rings is 1. The smallest absolute Gasteiger partial charge is 0.170 e. The molecule has 5 heteroatoms. The normalized spacial score (nSPS) is 18.8. The Morgan fingerprint density at radius 1 is 1.08 bits per heavy atom. The Hall–Kier alpha value is -2.43. The van der Waals surface area contributed by atoms with Crippen LogP contribution in [0.15, 0.2) is 24.3 Å². The Kier molecular flexibility index (Phi) is 3.74. The van der Waals surface area contributed by atoms with Crippen LogP contribution in [-0.2, 0) is 0 Å². The monoisotopic (exact) mass is 337 g/mol. The number of aromatic nitrogens is 2. The van der Waals surface area contributed by atoms with Gasteiger partial charge in [0.1, 0.15) is 11.4 Å². The van der Waals surface area contributed by atoms with Crippen LogP contribution >= 0.6 is 0 Å². The molecule has 2 aliphatic heterocycles. The van der Waals surface area contributed by atoms with Gasteiger partial charge in [0.15, 0.2) is 11.6 Å². The number of benzene rings is 1. The average molecular weight is 337 g/mol. The van der Waals surface area contributed by atoms with Gasteiger partial charge in [0.2, 0.25) is 0 Å². The fourth-order valence-electron chi connectivity index (χ4n) is 4.00. The van der Waals surface area contributed by atoms with E-state index in [1.54, 1.807) is 0 Å². The van der Waals surface area contributed by atoms with Crippen LogP contribution < -0.4 is 9.64 Å². The summed E-state index contributed by atoms with van der Waals surface area (Å²) in [4.78, 5) is 15.0. The van der Waals surface area contributed by atoms with Crippen molar-refractivity contribution >= 4 is 11.6 Å². The van der Waals surface area contributed by atoms with Crippen molar-refractivity contribution in [2.45, 2.75) is 45.6 Å². The van der Waals surface area contributed by atoms with Crippen molar-refractivity contribution in [1.29, 1.82) is 0 Å². The molecule has 1 spiro atoms. The molecule has 0 aliphatic carbocycles. The van der Waals surface area contributed by atoms with E-state index < -0.39 is 0 Å². The first kappa shape index (κ1) is 16.1. The van der Waals surface area contributed by atoms with Crippen molar-refractivity contribution in [2.75, 3.05) is 18.0 Å². The molecule has 1 aromatic heterocycles. The topological polar surface area (TPSA) is 55.3 Å². The molecule has 0 saturated carbocycles. The zero-order valence-corrected chi connectivity index (χ0v) is 15.0. The van der Waals surface area contributed by atoms with Crippen LogP contribution in [0.5, 0.6) is 5.75 Å². The number of ether oxygens (including phenoxy) is 1. The lowest BCUT2D eigenvalue weighted by atomic mass is 9.81. The van der Waals surface area contributed by atoms with Crippen LogP contribution in [0.2, 0.25) is 0 Å². The molecule has 1 saturated heterocycles. The third-order valence-corrected chi connectivity index (χ3v) is 5.31. The first-order valence-electron chi connectivity index (χ1n) is 8.85. The summed E-state index contributed by atoms with van der Waals surface area (Å²) in [5.41, 5.74) is 3.46. The second-order valence-electron chi connectivity index (χ2n) is 7.36. The number of Topliss-reactive ketones (excluding diaryl/α,β-unsaturated/α-hetero) is 1. The number of aryl methyl sites for hydroxylation is 3. The average Bonchev–Trinajstić information content (AvgIpc) is 2.55. The highest BCUT2D eigenvalue weighted by Crippen LogP contribution is 2.41. The van der Waals surface area contributed by atoms with Crippen molar-refractivity contribution in [1.82, 2.24) is 10.2 Å². The van der Waals surface area contributed by atoms with Gasteiger partial charge in [-0.2, -0.15) is 5.10 Å². The molecule has 1 aromatic carbocycles. The molecule has 130 valence electrons. The molecule has 1 fully saturated rings. The minimum absolute atomic E-state index is 0.210. The Morgan fingerprint density at radius 2 is 1.84 bits per heavy atom. The van der Waals surface area contributed by atoms with E-state index >= 15 is 0 Å². The maximum Gasteiger partial charge on any atom is 0.170 e. The largest absolute Gasteiger partial charge is 0.486 e. The molecule has 3 heterocycles. The van der Waals surface area contributed by atoms with E-state index in [1.165, 1.54) is 0 Å². The number of ketones is 1. The Balaban J connectivity index is 1.55. The molecule has 25 heavy (non-hydrogen) atoms. The van der Waals surface area contributed by atoms with Gasteiger partial charge in [-0.1, -0.05) is 6.07 Å². The summed E-state index contributed by atoms with van der Waals surface area (Å²) in [6.07, 6.45) is 2.11. The van der Waals surface area contributed by atoms with Crippen molar-refractivity contribution in [3.05, 3.63) is 46.6 Å². The first-order valence-corrected chi connectivity index (χ1v) is 8.85. The van der Waals surface area contributed by atoms with E-state index in [4.69, 9.17) is 4.74 Å². The van der Waals surface area contributed by atoms with Gasteiger partial charge in [0.25, 0.3) is 0 Å². The summed E-state index contributed by atoms with van der Waals surface area (Å²) in [7, 11) is 0. The molecule has 2 aliphatic rings. The molecule has 0 N–H and O–H groups in total. The van der Waals surface area contributed by atoms with Crippen LogP contribution in [0.25, 0.3) is 0 Å². The highest BCUT2D eigenvalue weighted by atomic mass is 16.5. The van der Waals surface area contributed by atoms with E-state index in [0.29, 0.717) is 6.42 Å². The van der Waals surface area contributed by atoms with Gasteiger partial charge < -0.3 is 9.64 Å². The molecule has 0 atom stereocenters. The summed E-state index contributed by atoms with van der Waals surface area (Å²) < 4.78 is 6.41. The predicted octanol–water partition coefficient (Wildman–Crippen LogP) is 3.41. The maximum atomic E-state index is 12.8. The first-order chi connectivity index (χ1) is 12.0. The van der Waals surface area contributed by atoms with Gasteiger partial charge >= 0.3 is 0 Å². The van der Waals surface area contributed by atoms with E-state index in [0.717, 1.165) is 59.9 Å².